The normalized spacial score (nSPS) is 11.9. The molecule has 0 aromatic carbocycles. The van der Waals surface area contributed by atoms with E-state index in [2.05, 4.69) is 0 Å². The molecule has 8 nitrogen and oxygen atoms in total. The Morgan fingerprint density at radius 2 is 1.36 bits per heavy atom. The molecule has 0 radical (unpaired) electrons. The first-order chi connectivity index (χ1) is 11.8. The third-order valence-corrected chi connectivity index (χ3v) is 3.37. The van der Waals surface area contributed by atoms with E-state index in [9.17, 15) is 14.4 Å². The highest BCUT2D eigenvalue weighted by atomic mass is 16.6. The van der Waals surface area contributed by atoms with Crippen molar-refractivity contribution in [1.29, 1.82) is 0 Å². The lowest BCUT2D eigenvalue weighted by Crippen LogP contribution is -2.30. The van der Waals surface area contributed by atoms with Gasteiger partial charge in [-0.3, -0.25) is 14.4 Å². The molecular formula is C17H31NO7. The lowest BCUT2D eigenvalue weighted by atomic mass is 10.1. The Balaban J connectivity index is 3.85. The molecule has 0 aromatic heterocycles. The highest BCUT2D eigenvalue weighted by molar-refractivity contribution is 5.70. The topological polar surface area (TPSA) is 125 Å². The predicted octanol–water partition coefficient (Wildman–Crippen LogP) is 1.42. The van der Waals surface area contributed by atoms with Gasteiger partial charge in [0.15, 0.2) is 6.10 Å². The fourth-order valence-corrected chi connectivity index (χ4v) is 2.11. The van der Waals surface area contributed by atoms with Crippen LogP contribution in [0.5, 0.6) is 0 Å². The van der Waals surface area contributed by atoms with Crippen molar-refractivity contribution in [2.75, 3.05) is 13.2 Å². The van der Waals surface area contributed by atoms with Crippen LogP contribution in [0.25, 0.3) is 0 Å². The minimum absolute atomic E-state index is 0.138. The largest absolute Gasteiger partial charge is 0.462 e. The van der Waals surface area contributed by atoms with E-state index in [0.29, 0.717) is 12.8 Å². The quantitative estimate of drug-likeness (QED) is 0.206. The molecule has 1 atom stereocenters. The van der Waals surface area contributed by atoms with Gasteiger partial charge in [0.1, 0.15) is 19.4 Å². The molecular weight excluding hydrogens is 330 g/mol. The molecule has 1 unspecified atom stereocenters. The van der Waals surface area contributed by atoms with Crippen LogP contribution in [-0.4, -0.2) is 48.6 Å². The van der Waals surface area contributed by atoms with Crippen molar-refractivity contribution in [2.24, 2.45) is 5.73 Å². The first-order valence-electron chi connectivity index (χ1n) is 8.71. The predicted molar refractivity (Wildman–Crippen MR) is 90.3 cm³/mol. The summed E-state index contributed by atoms with van der Waals surface area (Å²) in [6.45, 7) is 2.22. The number of carbonyl (C=O) groups excluding carboxylic acids is 3. The molecule has 0 saturated heterocycles. The SMILES string of the molecule is CC(=O)OCC(COC(C)=O)OC(=O)CCCCCCCCC(N)O. The van der Waals surface area contributed by atoms with Crippen LogP contribution in [0.2, 0.25) is 0 Å². The van der Waals surface area contributed by atoms with E-state index in [4.69, 9.17) is 25.1 Å². The van der Waals surface area contributed by atoms with Crippen LogP contribution >= 0.6 is 0 Å². The maximum atomic E-state index is 11.8. The van der Waals surface area contributed by atoms with Crippen molar-refractivity contribution in [3.8, 4) is 0 Å². The van der Waals surface area contributed by atoms with Gasteiger partial charge in [0, 0.05) is 20.3 Å². The number of esters is 3. The first-order valence-corrected chi connectivity index (χ1v) is 8.71. The Labute approximate surface area is 149 Å². The van der Waals surface area contributed by atoms with E-state index in [1.165, 1.54) is 13.8 Å². The zero-order chi connectivity index (χ0) is 19.1. The highest BCUT2D eigenvalue weighted by Crippen LogP contribution is 2.10. The molecule has 3 N–H and O–H groups in total. The van der Waals surface area contributed by atoms with Gasteiger partial charge in [-0.2, -0.15) is 0 Å². The minimum atomic E-state index is -0.789. The van der Waals surface area contributed by atoms with Gasteiger partial charge in [-0.05, 0) is 19.3 Å². The summed E-state index contributed by atoms with van der Waals surface area (Å²) in [4.78, 5) is 33.5. The maximum absolute atomic E-state index is 11.8. The van der Waals surface area contributed by atoms with Crippen molar-refractivity contribution < 1.29 is 33.7 Å². The number of aliphatic hydroxyl groups is 1. The smallest absolute Gasteiger partial charge is 0.306 e. The fourth-order valence-electron chi connectivity index (χ4n) is 2.11. The van der Waals surface area contributed by atoms with Crippen LogP contribution in [0.15, 0.2) is 0 Å². The van der Waals surface area contributed by atoms with Gasteiger partial charge in [-0.25, -0.2) is 0 Å². The molecule has 25 heavy (non-hydrogen) atoms. The first kappa shape index (κ1) is 23.3. The second-order valence-electron chi connectivity index (χ2n) is 5.94. The van der Waals surface area contributed by atoms with Crippen LogP contribution in [0.3, 0.4) is 0 Å². The van der Waals surface area contributed by atoms with E-state index in [-0.39, 0.29) is 19.6 Å². The average Bonchev–Trinajstić information content (AvgIpc) is 2.52. The summed E-state index contributed by atoms with van der Waals surface area (Å²) < 4.78 is 14.8. The third kappa shape index (κ3) is 17.0. The summed E-state index contributed by atoms with van der Waals surface area (Å²) in [7, 11) is 0. The van der Waals surface area contributed by atoms with Crippen LogP contribution in [0.4, 0.5) is 0 Å². The number of hydrogen-bond donors (Lipinski definition) is 2. The molecule has 0 aliphatic carbocycles. The van der Waals surface area contributed by atoms with E-state index in [0.717, 1.165) is 32.1 Å². The number of rotatable bonds is 14. The number of ether oxygens (including phenoxy) is 3. The molecule has 0 heterocycles. The summed E-state index contributed by atoms with van der Waals surface area (Å²) >= 11 is 0. The number of nitrogens with two attached hydrogens (primary N) is 1. The standard InChI is InChI=1S/C17H31NO7/c1-13(19)23-11-15(12-24-14(2)20)25-17(22)10-8-6-4-3-5-7-9-16(18)21/h15-16,21H,3-12,18H2,1-2H3. The van der Waals surface area contributed by atoms with Crippen LogP contribution in [-0.2, 0) is 28.6 Å². The third-order valence-electron chi connectivity index (χ3n) is 3.37. The van der Waals surface area contributed by atoms with E-state index < -0.39 is 30.2 Å². The Bertz CT molecular complexity index is 380. The average molecular weight is 361 g/mol. The van der Waals surface area contributed by atoms with Crippen molar-refractivity contribution in [1.82, 2.24) is 0 Å². The molecule has 146 valence electrons. The second kappa shape index (κ2) is 14.7. The molecule has 0 spiro atoms. The number of aliphatic hydroxyl groups excluding tert-OH is 1. The maximum Gasteiger partial charge on any atom is 0.306 e. The van der Waals surface area contributed by atoms with Gasteiger partial charge in [-0.1, -0.05) is 25.7 Å². The summed E-state index contributed by atoms with van der Waals surface area (Å²) in [6, 6.07) is 0. The summed E-state index contributed by atoms with van der Waals surface area (Å²) in [5, 5.41) is 8.93. The van der Waals surface area contributed by atoms with Crippen molar-refractivity contribution in [2.45, 2.75) is 77.5 Å². The molecule has 0 saturated carbocycles. The van der Waals surface area contributed by atoms with E-state index >= 15 is 0 Å². The monoisotopic (exact) mass is 361 g/mol. The number of hydrogen-bond acceptors (Lipinski definition) is 8. The van der Waals surface area contributed by atoms with Crippen molar-refractivity contribution in [3.63, 3.8) is 0 Å². The molecule has 0 amide bonds. The highest BCUT2D eigenvalue weighted by Gasteiger charge is 2.17. The van der Waals surface area contributed by atoms with Gasteiger partial charge in [0.05, 0.1) is 0 Å². The Hall–Kier alpha value is -1.67. The zero-order valence-corrected chi connectivity index (χ0v) is 15.2. The van der Waals surface area contributed by atoms with Crippen molar-refractivity contribution in [3.05, 3.63) is 0 Å². The molecule has 0 rings (SSSR count). The summed E-state index contributed by atoms with van der Waals surface area (Å²) in [6.07, 6.45) is 4.88. The second-order valence-corrected chi connectivity index (χ2v) is 5.94. The van der Waals surface area contributed by atoms with Crippen LogP contribution in [0.1, 0.15) is 65.2 Å². The van der Waals surface area contributed by atoms with Gasteiger partial charge in [-0.15, -0.1) is 0 Å². The minimum Gasteiger partial charge on any atom is -0.462 e. The molecule has 8 heteroatoms. The Kier molecular flexibility index (Phi) is 13.7. The van der Waals surface area contributed by atoms with Crippen LogP contribution < -0.4 is 5.73 Å². The lowest BCUT2D eigenvalue weighted by Gasteiger charge is -2.17. The van der Waals surface area contributed by atoms with Crippen LogP contribution in [0, 0.1) is 0 Å². The fraction of sp³-hybridized carbons (Fsp3) is 0.824. The van der Waals surface area contributed by atoms with Crippen molar-refractivity contribution >= 4 is 17.9 Å². The zero-order valence-electron chi connectivity index (χ0n) is 15.2. The van der Waals surface area contributed by atoms with Gasteiger partial charge >= 0.3 is 17.9 Å². The lowest BCUT2D eigenvalue weighted by molar-refractivity contribution is -0.165. The number of carbonyl (C=O) groups is 3. The van der Waals surface area contributed by atoms with Gasteiger partial charge in [0.2, 0.25) is 0 Å². The molecule has 0 aliphatic rings. The Morgan fingerprint density at radius 3 is 1.84 bits per heavy atom. The molecule has 0 bridgehead atoms. The van der Waals surface area contributed by atoms with E-state index in [1.54, 1.807) is 0 Å². The molecule has 0 aliphatic heterocycles. The van der Waals surface area contributed by atoms with Gasteiger partial charge < -0.3 is 25.1 Å². The Morgan fingerprint density at radius 1 is 0.880 bits per heavy atom. The van der Waals surface area contributed by atoms with Gasteiger partial charge in [0.25, 0.3) is 0 Å². The van der Waals surface area contributed by atoms with E-state index in [1.807, 2.05) is 0 Å². The molecule has 0 aromatic rings. The summed E-state index contributed by atoms with van der Waals surface area (Å²) in [5.74, 6) is -1.40. The summed E-state index contributed by atoms with van der Waals surface area (Å²) in [5.41, 5.74) is 5.25. The number of unbranched alkanes of at least 4 members (excludes halogenated alkanes) is 5. The molecule has 0 fully saturated rings.